The number of isocyanates is 1. The molecule has 1 fully saturated rings. The van der Waals surface area contributed by atoms with Gasteiger partial charge in [-0.2, -0.15) is 4.99 Å². The van der Waals surface area contributed by atoms with Crippen molar-refractivity contribution in [1.29, 1.82) is 0 Å². The summed E-state index contributed by atoms with van der Waals surface area (Å²) < 4.78 is 11.3. The van der Waals surface area contributed by atoms with Crippen molar-refractivity contribution in [1.82, 2.24) is 0 Å². The average Bonchev–Trinajstić information content (AvgIpc) is 2.96. The summed E-state index contributed by atoms with van der Waals surface area (Å²) in [5.41, 5.74) is 0.275. The monoisotopic (exact) mass is 307 g/mol. The Labute approximate surface area is 126 Å². The van der Waals surface area contributed by atoms with E-state index in [1.165, 1.54) is 0 Å². The van der Waals surface area contributed by atoms with Gasteiger partial charge >= 0.3 is 0 Å². The summed E-state index contributed by atoms with van der Waals surface area (Å²) in [4.78, 5) is 26.1. The molecule has 1 aliphatic heterocycles. The molecule has 0 saturated heterocycles. The lowest BCUT2D eigenvalue weighted by Gasteiger charge is -2.30. The van der Waals surface area contributed by atoms with Gasteiger partial charge in [0.2, 0.25) is 6.08 Å². The molecule has 1 aromatic rings. The molecular formula is C15H14ClNO4. The maximum Gasteiger partial charge on any atom is 0.235 e. The van der Waals surface area contributed by atoms with E-state index in [1.807, 2.05) is 0 Å². The van der Waals surface area contributed by atoms with E-state index in [0.717, 1.165) is 12.8 Å². The summed E-state index contributed by atoms with van der Waals surface area (Å²) in [6, 6.07) is 1.55. The Morgan fingerprint density at radius 3 is 2.52 bits per heavy atom. The molecule has 0 bridgehead atoms. The van der Waals surface area contributed by atoms with E-state index in [0.29, 0.717) is 60.0 Å². The van der Waals surface area contributed by atoms with Gasteiger partial charge in [-0.3, -0.25) is 4.79 Å². The molecule has 1 aromatic carbocycles. The molecule has 0 spiro atoms. The fourth-order valence-electron chi connectivity index (χ4n) is 3.19. The summed E-state index contributed by atoms with van der Waals surface area (Å²) in [5.74, 6) is 0.833. The molecule has 6 heteroatoms. The van der Waals surface area contributed by atoms with E-state index in [2.05, 4.69) is 4.99 Å². The first-order chi connectivity index (χ1) is 10.2. The molecule has 0 amide bonds. The molecule has 110 valence electrons. The third-order valence-electron chi connectivity index (χ3n) is 4.08. The smallest absolute Gasteiger partial charge is 0.235 e. The Balaban J connectivity index is 2.26. The lowest BCUT2D eigenvalue weighted by atomic mass is 9.87. The van der Waals surface area contributed by atoms with Crippen LogP contribution >= 0.6 is 11.6 Å². The zero-order valence-corrected chi connectivity index (χ0v) is 12.1. The number of hydrogen-bond acceptors (Lipinski definition) is 5. The molecule has 1 aliphatic carbocycles. The first-order valence-corrected chi connectivity index (χ1v) is 7.26. The quantitative estimate of drug-likeness (QED) is 0.489. The Morgan fingerprint density at radius 1 is 1.24 bits per heavy atom. The third-order valence-corrected chi connectivity index (χ3v) is 4.37. The maximum atomic E-state index is 11.2. The highest BCUT2D eigenvalue weighted by Crippen LogP contribution is 2.52. The van der Waals surface area contributed by atoms with Gasteiger partial charge in [0.05, 0.1) is 10.6 Å². The maximum absolute atomic E-state index is 11.2. The molecule has 2 aliphatic rings. The zero-order valence-electron chi connectivity index (χ0n) is 11.4. The van der Waals surface area contributed by atoms with Gasteiger partial charge in [0, 0.05) is 5.56 Å². The van der Waals surface area contributed by atoms with Gasteiger partial charge in [-0.1, -0.05) is 24.4 Å². The number of carbonyl (C=O) groups is 1. The van der Waals surface area contributed by atoms with E-state index in [4.69, 9.17) is 21.1 Å². The average molecular weight is 308 g/mol. The summed E-state index contributed by atoms with van der Waals surface area (Å²) in [7, 11) is 0. The predicted molar refractivity (Wildman–Crippen MR) is 76.1 cm³/mol. The van der Waals surface area contributed by atoms with E-state index in [-0.39, 0.29) is 0 Å². The largest absolute Gasteiger partial charge is 0.486 e. The lowest BCUT2D eigenvalue weighted by Crippen LogP contribution is -2.25. The number of rotatable bonds is 3. The first kappa shape index (κ1) is 14.1. The predicted octanol–water partition coefficient (Wildman–Crippen LogP) is 3.03. The fraction of sp³-hybridized carbons (Fsp3) is 0.467. The molecule has 5 nitrogen and oxygen atoms in total. The number of nitrogens with zero attached hydrogens (tertiary/aromatic N) is 1. The molecule has 0 radical (unpaired) electrons. The Hall–Kier alpha value is -1.84. The van der Waals surface area contributed by atoms with Crippen LogP contribution in [0.3, 0.4) is 0 Å². The van der Waals surface area contributed by atoms with Crippen LogP contribution in [0.5, 0.6) is 11.5 Å². The number of aldehydes is 1. The molecule has 3 rings (SSSR count). The van der Waals surface area contributed by atoms with Crippen LogP contribution in [0, 0.1) is 0 Å². The van der Waals surface area contributed by atoms with E-state index in [9.17, 15) is 9.59 Å². The van der Waals surface area contributed by atoms with Crippen molar-refractivity contribution >= 4 is 24.0 Å². The number of hydrogen-bond donors (Lipinski definition) is 0. The number of carbonyl (C=O) groups excluding carboxylic acids is 2. The molecule has 21 heavy (non-hydrogen) atoms. The Morgan fingerprint density at radius 2 is 1.90 bits per heavy atom. The van der Waals surface area contributed by atoms with Crippen molar-refractivity contribution < 1.29 is 19.1 Å². The number of ether oxygens (including phenoxy) is 2. The minimum atomic E-state index is -0.717. The normalized spacial score (nSPS) is 18.9. The van der Waals surface area contributed by atoms with Crippen LogP contribution in [-0.2, 0) is 10.3 Å². The fourth-order valence-corrected chi connectivity index (χ4v) is 3.57. The number of aliphatic imine (C=N–C) groups is 1. The molecule has 1 saturated carbocycles. The van der Waals surface area contributed by atoms with Crippen LogP contribution in [-0.4, -0.2) is 25.6 Å². The van der Waals surface area contributed by atoms with Crippen molar-refractivity contribution in [2.45, 2.75) is 31.2 Å². The second kappa shape index (κ2) is 5.51. The molecule has 0 atom stereocenters. The molecule has 0 N–H and O–H groups in total. The van der Waals surface area contributed by atoms with Gasteiger partial charge in [-0.05, 0) is 18.9 Å². The van der Waals surface area contributed by atoms with Crippen molar-refractivity contribution in [3.8, 4) is 11.5 Å². The number of halogens is 1. The van der Waals surface area contributed by atoms with Gasteiger partial charge < -0.3 is 9.47 Å². The van der Waals surface area contributed by atoms with Crippen molar-refractivity contribution in [2.75, 3.05) is 13.2 Å². The molecule has 0 unspecified atom stereocenters. The third kappa shape index (κ3) is 2.23. The van der Waals surface area contributed by atoms with Crippen LogP contribution < -0.4 is 9.47 Å². The van der Waals surface area contributed by atoms with Crippen molar-refractivity contribution in [3.05, 3.63) is 22.2 Å². The molecular weight excluding hydrogens is 294 g/mol. The van der Waals surface area contributed by atoms with E-state index in [1.54, 1.807) is 12.1 Å². The van der Waals surface area contributed by atoms with Crippen LogP contribution in [0.15, 0.2) is 11.1 Å². The Bertz CT molecular complexity index is 631. The highest BCUT2D eigenvalue weighted by atomic mass is 35.5. The molecule has 1 heterocycles. The van der Waals surface area contributed by atoms with Gasteiger partial charge in [0.25, 0.3) is 0 Å². The van der Waals surface area contributed by atoms with Crippen LogP contribution in [0.25, 0.3) is 0 Å². The van der Waals surface area contributed by atoms with Crippen molar-refractivity contribution in [2.24, 2.45) is 4.99 Å². The lowest BCUT2D eigenvalue weighted by molar-refractivity contribution is 0.111. The summed E-state index contributed by atoms with van der Waals surface area (Å²) >= 11 is 6.37. The van der Waals surface area contributed by atoms with Gasteiger partial charge in [0.1, 0.15) is 18.8 Å². The second-order valence-electron chi connectivity index (χ2n) is 5.24. The minimum Gasteiger partial charge on any atom is -0.486 e. The van der Waals surface area contributed by atoms with Crippen LogP contribution in [0.2, 0.25) is 5.02 Å². The highest BCUT2D eigenvalue weighted by molar-refractivity contribution is 6.32. The highest BCUT2D eigenvalue weighted by Gasteiger charge is 2.42. The van der Waals surface area contributed by atoms with Gasteiger partial charge in [-0.15, -0.1) is 0 Å². The molecule has 0 aromatic heterocycles. The summed E-state index contributed by atoms with van der Waals surface area (Å²) in [6.45, 7) is 0.748. The first-order valence-electron chi connectivity index (χ1n) is 6.88. The van der Waals surface area contributed by atoms with Gasteiger partial charge in [0.15, 0.2) is 17.8 Å². The Kier molecular flexibility index (Phi) is 3.70. The summed E-state index contributed by atoms with van der Waals surface area (Å²) in [6.07, 6.45) is 5.67. The topological polar surface area (TPSA) is 65.0 Å². The summed E-state index contributed by atoms with van der Waals surface area (Å²) in [5, 5.41) is 0.377. The van der Waals surface area contributed by atoms with Crippen LogP contribution in [0.4, 0.5) is 0 Å². The van der Waals surface area contributed by atoms with E-state index < -0.39 is 5.54 Å². The second-order valence-corrected chi connectivity index (χ2v) is 5.64. The minimum absolute atomic E-state index is 0.349. The van der Waals surface area contributed by atoms with Crippen molar-refractivity contribution in [3.63, 3.8) is 0 Å². The van der Waals surface area contributed by atoms with Gasteiger partial charge in [-0.25, -0.2) is 4.79 Å². The number of fused-ring (bicyclic) bond motifs is 1. The standard InChI is InChI=1S/C15H14ClNO4/c16-11-7-10(8-18)13-14(21-6-5-20-13)12(11)15(17-9-19)3-1-2-4-15/h7-8H,1-6H2. The van der Waals surface area contributed by atoms with E-state index >= 15 is 0 Å². The number of benzene rings is 1. The zero-order chi connectivity index (χ0) is 14.9. The van der Waals surface area contributed by atoms with Crippen LogP contribution in [0.1, 0.15) is 41.6 Å². The SMILES string of the molecule is O=C=NC1(c2c(Cl)cc(C=O)c3c2OCCO3)CCCC1.